The van der Waals surface area contributed by atoms with Gasteiger partial charge in [0, 0.05) is 57.4 Å². The average molecular weight is 378 g/mol. The molecule has 4 nitrogen and oxygen atoms in total. The highest BCUT2D eigenvalue weighted by Crippen LogP contribution is 2.21. The molecule has 0 N–H and O–H groups in total. The van der Waals surface area contributed by atoms with E-state index in [1.807, 2.05) is 18.2 Å². The zero-order valence-electron chi connectivity index (χ0n) is 16.7. The number of carbonyl (C=O) groups excluding carboxylic acids is 1. The lowest BCUT2D eigenvalue weighted by Crippen LogP contribution is -2.55. The van der Waals surface area contributed by atoms with E-state index in [-0.39, 0.29) is 0 Å². The third kappa shape index (κ3) is 4.74. The number of anilines is 1. The number of para-hydroxylation sites is 1. The molecule has 2 aromatic carbocycles. The second kappa shape index (κ2) is 9.24. The van der Waals surface area contributed by atoms with Crippen molar-refractivity contribution in [2.75, 3.05) is 44.2 Å². The van der Waals surface area contributed by atoms with Crippen molar-refractivity contribution >= 4 is 11.6 Å². The van der Waals surface area contributed by atoms with Crippen LogP contribution < -0.4 is 4.90 Å². The van der Waals surface area contributed by atoms with Crippen LogP contribution in [0.5, 0.6) is 0 Å². The lowest BCUT2D eigenvalue weighted by molar-refractivity contribution is -0.133. The first-order valence-corrected chi connectivity index (χ1v) is 10.7. The molecule has 28 heavy (non-hydrogen) atoms. The molecule has 0 saturated carbocycles. The molecule has 4 rings (SSSR count). The highest BCUT2D eigenvalue weighted by molar-refractivity contribution is 5.76. The Morgan fingerprint density at radius 2 is 1.54 bits per heavy atom. The number of hydrogen-bond acceptors (Lipinski definition) is 3. The van der Waals surface area contributed by atoms with Gasteiger partial charge in [0.25, 0.3) is 0 Å². The maximum atomic E-state index is 12.7. The van der Waals surface area contributed by atoms with Crippen LogP contribution in [0, 0.1) is 0 Å². The molecule has 0 aliphatic carbocycles. The van der Waals surface area contributed by atoms with Gasteiger partial charge in [0.05, 0.1) is 0 Å². The van der Waals surface area contributed by atoms with Gasteiger partial charge in [0.1, 0.15) is 0 Å². The van der Waals surface area contributed by atoms with Crippen LogP contribution in [0.3, 0.4) is 0 Å². The number of likely N-dealkylation sites (tertiary alicyclic amines) is 1. The van der Waals surface area contributed by atoms with Crippen molar-refractivity contribution in [3.8, 4) is 0 Å². The molecule has 4 heteroatoms. The van der Waals surface area contributed by atoms with Crippen molar-refractivity contribution < 1.29 is 4.79 Å². The largest absolute Gasteiger partial charge is 0.369 e. The molecule has 0 bridgehead atoms. The Hall–Kier alpha value is -2.33. The smallest absolute Gasteiger partial charge is 0.222 e. The predicted molar refractivity (Wildman–Crippen MR) is 115 cm³/mol. The number of piperazine rings is 1. The highest BCUT2D eigenvalue weighted by atomic mass is 16.2. The summed E-state index contributed by atoms with van der Waals surface area (Å²) in [6.45, 7) is 6.15. The number of benzene rings is 2. The molecule has 2 aromatic rings. The van der Waals surface area contributed by atoms with Crippen LogP contribution in [-0.2, 0) is 11.2 Å². The number of amides is 1. The topological polar surface area (TPSA) is 26.8 Å². The van der Waals surface area contributed by atoms with E-state index in [2.05, 4.69) is 57.2 Å². The fourth-order valence-corrected chi connectivity index (χ4v) is 4.52. The fourth-order valence-electron chi connectivity index (χ4n) is 4.52. The van der Waals surface area contributed by atoms with Gasteiger partial charge in [-0.15, -0.1) is 0 Å². The molecule has 2 fully saturated rings. The van der Waals surface area contributed by atoms with Gasteiger partial charge >= 0.3 is 0 Å². The normalized spacial score (nSPS) is 20.9. The highest BCUT2D eigenvalue weighted by Gasteiger charge is 2.29. The summed E-state index contributed by atoms with van der Waals surface area (Å²) in [7, 11) is 0. The molecular formula is C24H31N3O. The molecule has 1 atom stereocenters. The van der Waals surface area contributed by atoms with Gasteiger partial charge in [-0.25, -0.2) is 0 Å². The summed E-state index contributed by atoms with van der Waals surface area (Å²) in [5, 5.41) is 0. The van der Waals surface area contributed by atoms with Crippen LogP contribution in [0.4, 0.5) is 5.69 Å². The molecule has 0 aromatic heterocycles. The summed E-state index contributed by atoms with van der Waals surface area (Å²) in [5.74, 6) is 0.316. The molecule has 0 spiro atoms. The zero-order chi connectivity index (χ0) is 19.2. The van der Waals surface area contributed by atoms with Crippen molar-refractivity contribution in [2.24, 2.45) is 0 Å². The maximum Gasteiger partial charge on any atom is 0.222 e. The molecular weight excluding hydrogens is 346 g/mol. The molecule has 2 heterocycles. The van der Waals surface area contributed by atoms with Crippen LogP contribution in [0.2, 0.25) is 0 Å². The van der Waals surface area contributed by atoms with E-state index in [1.54, 1.807) is 0 Å². The lowest BCUT2D eigenvalue weighted by Gasteiger charge is -2.44. The number of aryl methyl sites for hydroxylation is 1. The summed E-state index contributed by atoms with van der Waals surface area (Å²) < 4.78 is 0. The van der Waals surface area contributed by atoms with Gasteiger partial charge in [-0.3, -0.25) is 9.69 Å². The molecule has 2 saturated heterocycles. The van der Waals surface area contributed by atoms with Crippen molar-refractivity contribution in [1.82, 2.24) is 9.80 Å². The minimum atomic E-state index is 0.316. The van der Waals surface area contributed by atoms with Gasteiger partial charge < -0.3 is 9.80 Å². The summed E-state index contributed by atoms with van der Waals surface area (Å²) >= 11 is 0. The van der Waals surface area contributed by atoms with Crippen LogP contribution in [-0.4, -0.2) is 61.0 Å². The molecule has 2 aliphatic heterocycles. The van der Waals surface area contributed by atoms with E-state index in [9.17, 15) is 4.79 Å². The number of nitrogens with zero attached hydrogens (tertiary/aromatic N) is 3. The van der Waals surface area contributed by atoms with Gasteiger partial charge in [-0.05, 0) is 37.0 Å². The van der Waals surface area contributed by atoms with Crippen LogP contribution in [0.15, 0.2) is 60.7 Å². The number of hydrogen-bond donors (Lipinski definition) is 0. The lowest BCUT2D eigenvalue weighted by atomic mass is 10.0. The molecule has 2 aliphatic rings. The third-order valence-corrected chi connectivity index (χ3v) is 6.17. The Morgan fingerprint density at radius 1 is 0.857 bits per heavy atom. The predicted octanol–water partition coefficient (Wildman–Crippen LogP) is 3.43. The van der Waals surface area contributed by atoms with E-state index in [0.717, 1.165) is 52.1 Å². The summed E-state index contributed by atoms with van der Waals surface area (Å²) in [4.78, 5) is 19.9. The van der Waals surface area contributed by atoms with E-state index in [0.29, 0.717) is 18.4 Å². The van der Waals surface area contributed by atoms with Crippen LogP contribution >= 0.6 is 0 Å². The van der Waals surface area contributed by atoms with E-state index in [4.69, 9.17) is 0 Å². The summed E-state index contributed by atoms with van der Waals surface area (Å²) in [6.07, 6.45) is 3.81. The Morgan fingerprint density at radius 3 is 2.25 bits per heavy atom. The van der Waals surface area contributed by atoms with Crippen molar-refractivity contribution in [3.63, 3.8) is 0 Å². The van der Waals surface area contributed by atoms with Gasteiger partial charge in [0.15, 0.2) is 0 Å². The van der Waals surface area contributed by atoms with Gasteiger partial charge in [-0.2, -0.15) is 0 Å². The van der Waals surface area contributed by atoms with E-state index in [1.165, 1.54) is 17.7 Å². The van der Waals surface area contributed by atoms with E-state index >= 15 is 0 Å². The average Bonchev–Trinajstić information content (AvgIpc) is 2.79. The van der Waals surface area contributed by atoms with Crippen LogP contribution in [0.1, 0.15) is 24.8 Å². The first-order chi connectivity index (χ1) is 13.8. The van der Waals surface area contributed by atoms with Crippen molar-refractivity contribution in [1.29, 1.82) is 0 Å². The summed E-state index contributed by atoms with van der Waals surface area (Å²) in [6, 6.07) is 21.6. The number of carbonyl (C=O) groups is 1. The minimum absolute atomic E-state index is 0.316. The Balaban J connectivity index is 1.26. The molecule has 1 unspecified atom stereocenters. The standard InChI is InChI=1S/C24H31N3O/c28-24(14-13-21-8-3-1-4-9-21)27-15-7-12-23(20-27)26-18-16-25(17-19-26)22-10-5-2-6-11-22/h1-6,8-11,23H,7,12-20H2. The first kappa shape index (κ1) is 19.0. The number of rotatable bonds is 5. The molecule has 148 valence electrons. The Kier molecular flexibility index (Phi) is 6.27. The minimum Gasteiger partial charge on any atom is -0.369 e. The van der Waals surface area contributed by atoms with Crippen molar-refractivity contribution in [3.05, 3.63) is 66.2 Å². The quantitative estimate of drug-likeness (QED) is 0.799. The van der Waals surface area contributed by atoms with Gasteiger partial charge in [-0.1, -0.05) is 48.5 Å². The molecule has 0 radical (unpaired) electrons. The van der Waals surface area contributed by atoms with Crippen LogP contribution in [0.25, 0.3) is 0 Å². The monoisotopic (exact) mass is 377 g/mol. The first-order valence-electron chi connectivity index (χ1n) is 10.7. The fraction of sp³-hybridized carbons (Fsp3) is 0.458. The third-order valence-electron chi connectivity index (χ3n) is 6.17. The Labute approximate surface area is 168 Å². The Bertz CT molecular complexity index is 741. The second-order valence-electron chi connectivity index (χ2n) is 7.98. The SMILES string of the molecule is O=C(CCc1ccccc1)N1CCCC(N2CCN(c3ccccc3)CC2)C1. The number of piperidine rings is 1. The maximum absolute atomic E-state index is 12.7. The van der Waals surface area contributed by atoms with E-state index < -0.39 is 0 Å². The van der Waals surface area contributed by atoms with Crippen molar-refractivity contribution in [2.45, 2.75) is 31.7 Å². The molecule has 1 amide bonds. The second-order valence-corrected chi connectivity index (χ2v) is 7.98. The summed E-state index contributed by atoms with van der Waals surface area (Å²) in [5.41, 5.74) is 2.57. The van der Waals surface area contributed by atoms with Gasteiger partial charge in [0.2, 0.25) is 5.91 Å². The zero-order valence-corrected chi connectivity index (χ0v) is 16.7.